The van der Waals surface area contributed by atoms with E-state index in [0.717, 1.165) is 41.7 Å². The number of likely N-dealkylation sites (tertiary alicyclic amines) is 1. The van der Waals surface area contributed by atoms with Gasteiger partial charge in [0.05, 0.1) is 32.7 Å². The number of nitrogens with one attached hydrogen (secondary N) is 1. The molecule has 0 bridgehead atoms. The van der Waals surface area contributed by atoms with E-state index < -0.39 is 5.54 Å². The monoisotopic (exact) mass is 412 g/mol. The third kappa shape index (κ3) is 3.72. The quantitative estimate of drug-likeness (QED) is 0.620. The fraction of sp³-hybridized carbons (Fsp3) is 0.296. The lowest BCUT2D eigenvalue weighted by Crippen LogP contribution is -2.46. The number of urea groups is 1. The van der Waals surface area contributed by atoms with Crippen molar-refractivity contribution in [2.45, 2.75) is 24.5 Å². The Morgan fingerprint density at radius 1 is 0.903 bits per heavy atom. The second-order valence-corrected chi connectivity index (χ2v) is 9.31. The molecule has 0 aliphatic carbocycles. The smallest absolute Gasteiger partial charge is 0.319 e. The van der Waals surface area contributed by atoms with Gasteiger partial charge in [0.15, 0.2) is 0 Å². The molecule has 2 saturated heterocycles. The van der Waals surface area contributed by atoms with Crippen molar-refractivity contribution in [1.29, 1.82) is 0 Å². The first kappa shape index (κ1) is 19.8. The minimum atomic E-state index is -0.509. The molecule has 0 aromatic heterocycles. The lowest BCUT2D eigenvalue weighted by Gasteiger charge is -2.32. The minimum absolute atomic E-state index is 0.0471. The van der Waals surface area contributed by atoms with Crippen LogP contribution in [0.3, 0.4) is 0 Å². The fourth-order valence-corrected chi connectivity index (χ4v) is 5.43. The molecule has 4 nitrogen and oxygen atoms in total. The van der Waals surface area contributed by atoms with Crippen molar-refractivity contribution in [3.8, 4) is 0 Å². The van der Waals surface area contributed by atoms with Crippen LogP contribution in [0.25, 0.3) is 0 Å². The molecule has 5 rings (SSSR count). The molecule has 0 radical (unpaired) electrons. The van der Waals surface area contributed by atoms with Crippen molar-refractivity contribution in [1.82, 2.24) is 10.2 Å². The molecule has 158 valence electrons. The molecule has 2 aliphatic rings. The van der Waals surface area contributed by atoms with Gasteiger partial charge < -0.3 is 14.7 Å². The van der Waals surface area contributed by atoms with Gasteiger partial charge in [-0.05, 0) is 11.1 Å². The van der Waals surface area contributed by atoms with Crippen LogP contribution in [0.2, 0.25) is 0 Å². The number of amides is 2. The van der Waals surface area contributed by atoms with Crippen LogP contribution in [0, 0.1) is 0 Å². The number of nitrogens with zero attached hydrogens (tertiary/aromatic N) is 2. The van der Waals surface area contributed by atoms with E-state index >= 15 is 0 Å². The highest BCUT2D eigenvalue weighted by Crippen LogP contribution is 2.37. The van der Waals surface area contributed by atoms with Crippen LogP contribution in [-0.4, -0.2) is 48.1 Å². The first-order chi connectivity index (χ1) is 15.1. The van der Waals surface area contributed by atoms with E-state index in [4.69, 9.17) is 0 Å². The number of rotatable bonds is 5. The zero-order valence-corrected chi connectivity index (χ0v) is 18.1. The number of hydrogen-bond acceptors (Lipinski definition) is 1. The van der Waals surface area contributed by atoms with Crippen LogP contribution in [0.1, 0.15) is 23.1 Å². The molecule has 2 aliphatic heterocycles. The molecule has 2 atom stereocenters. The Morgan fingerprint density at radius 2 is 1.45 bits per heavy atom. The van der Waals surface area contributed by atoms with Crippen LogP contribution >= 0.6 is 0 Å². The third-order valence-corrected chi connectivity index (χ3v) is 7.02. The zero-order valence-electron chi connectivity index (χ0n) is 18.1. The molecule has 0 saturated carbocycles. The molecule has 2 fully saturated rings. The Bertz CT molecular complexity index is 998. The van der Waals surface area contributed by atoms with Gasteiger partial charge in [0.1, 0.15) is 12.1 Å². The van der Waals surface area contributed by atoms with Gasteiger partial charge in [-0.15, -0.1) is 0 Å². The summed E-state index contributed by atoms with van der Waals surface area (Å²) in [4.78, 5) is 15.4. The van der Waals surface area contributed by atoms with Gasteiger partial charge >= 0.3 is 6.03 Å². The van der Waals surface area contributed by atoms with E-state index in [1.807, 2.05) is 12.1 Å². The summed E-state index contributed by atoms with van der Waals surface area (Å²) in [5.74, 6) is 0. The summed E-state index contributed by atoms with van der Waals surface area (Å²) in [6, 6.07) is 31.8. The normalized spacial score (nSPS) is 24.9. The predicted molar refractivity (Wildman–Crippen MR) is 123 cm³/mol. The Balaban J connectivity index is 1.41. The maximum Gasteiger partial charge on any atom is 0.319 e. The van der Waals surface area contributed by atoms with E-state index in [9.17, 15) is 4.79 Å². The maximum atomic E-state index is 13.3. The first-order valence-electron chi connectivity index (χ1n) is 11.2. The summed E-state index contributed by atoms with van der Waals surface area (Å²) in [6.07, 6.45) is 1.04. The van der Waals surface area contributed by atoms with E-state index in [1.165, 1.54) is 5.56 Å². The van der Waals surface area contributed by atoms with Gasteiger partial charge in [0.25, 0.3) is 0 Å². The third-order valence-electron chi connectivity index (χ3n) is 7.02. The molecule has 1 N–H and O–H groups in total. The molecule has 0 spiro atoms. The second-order valence-electron chi connectivity index (χ2n) is 9.31. The van der Waals surface area contributed by atoms with Crippen LogP contribution < -0.4 is 5.32 Å². The number of quaternary nitrogens is 1. The fourth-order valence-electron chi connectivity index (χ4n) is 5.43. The van der Waals surface area contributed by atoms with Gasteiger partial charge in [0.2, 0.25) is 0 Å². The van der Waals surface area contributed by atoms with Gasteiger partial charge in [-0.25, -0.2) is 4.79 Å². The summed E-state index contributed by atoms with van der Waals surface area (Å²) in [7, 11) is 2.32. The Morgan fingerprint density at radius 3 is 2.03 bits per heavy atom. The van der Waals surface area contributed by atoms with Crippen molar-refractivity contribution >= 4 is 6.03 Å². The highest BCUT2D eigenvalue weighted by molar-refractivity contribution is 5.80. The number of likely N-dealkylation sites (N-methyl/N-ethyl adjacent to an activating group) is 1. The lowest BCUT2D eigenvalue weighted by atomic mass is 9.83. The van der Waals surface area contributed by atoms with Crippen molar-refractivity contribution in [3.63, 3.8) is 0 Å². The Hall–Kier alpha value is -3.11. The SMILES string of the molecule is C[N@@+]1(Cc2ccccc2)CC[C@H](N2CC(c3ccccc3)(c3ccccc3)NC2=O)C1. The number of hydrogen-bond donors (Lipinski definition) is 1. The molecule has 2 heterocycles. The van der Waals surface area contributed by atoms with Gasteiger partial charge in [0, 0.05) is 12.0 Å². The van der Waals surface area contributed by atoms with E-state index in [0.29, 0.717) is 6.54 Å². The standard InChI is InChI=1S/C27H29N3O/c1-30(19-22-11-5-2-6-12-22)18-17-25(20-30)29-21-27(28-26(29)31,23-13-7-3-8-14-23)24-15-9-4-10-16-24/h2-16,25H,17-21H2,1H3/p+1/t25-,30-/m0/s1. The van der Waals surface area contributed by atoms with E-state index in [-0.39, 0.29) is 12.1 Å². The van der Waals surface area contributed by atoms with Gasteiger partial charge in [-0.1, -0.05) is 91.0 Å². The highest BCUT2D eigenvalue weighted by Gasteiger charge is 2.50. The van der Waals surface area contributed by atoms with Crippen LogP contribution in [0.15, 0.2) is 91.0 Å². The highest BCUT2D eigenvalue weighted by atomic mass is 16.2. The van der Waals surface area contributed by atoms with Crippen molar-refractivity contribution in [2.75, 3.05) is 26.7 Å². The molecular formula is C27H30N3O+. The van der Waals surface area contributed by atoms with Crippen molar-refractivity contribution in [2.24, 2.45) is 0 Å². The second kappa shape index (κ2) is 7.86. The minimum Gasteiger partial charge on any atom is -0.323 e. The molecule has 3 aromatic rings. The van der Waals surface area contributed by atoms with Crippen molar-refractivity contribution in [3.05, 3.63) is 108 Å². The summed E-state index contributed by atoms with van der Waals surface area (Å²) in [5.41, 5.74) is 3.12. The first-order valence-corrected chi connectivity index (χ1v) is 11.2. The average molecular weight is 413 g/mol. The zero-order chi connectivity index (χ0) is 21.3. The summed E-state index contributed by atoms with van der Waals surface area (Å²) in [6.45, 7) is 3.75. The molecule has 4 heteroatoms. The van der Waals surface area contributed by atoms with Crippen LogP contribution in [-0.2, 0) is 12.1 Å². The number of benzene rings is 3. The van der Waals surface area contributed by atoms with Gasteiger partial charge in [-0.2, -0.15) is 0 Å². The summed E-state index contributed by atoms with van der Waals surface area (Å²) >= 11 is 0. The maximum absolute atomic E-state index is 13.3. The Labute approximate surface area is 184 Å². The lowest BCUT2D eigenvalue weighted by molar-refractivity contribution is -0.911. The largest absolute Gasteiger partial charge is 0.323 e. The number of carbonyl (C=O) groups excluding carboxylic acids is 1. The molecular weight excluding hydrogens is 382 g/mol. The average Bonchev–Trinajstić information content (AvgIpc) is 3.36. The van der Waals surface area contributed by atoms with Crippen LogP contribution in [0.5, 0.6) is 0 Å². The number of carbonyl (C=O) groups is 1. The predicted octanol–water partition coefficient (Wildman–Crippen LogP) is 4.37. The molecule has 3 aromatic carbocycles. The van der Waals surface area contributed by atoms with Gasteiger partial charge in [-0.3, -0.25) is 0 Å². The van der Waals surface area contributed by atoms with Crippen molar-refractivity contribution < 1.29 is 9.28 Å². The topological polar surface area (TPSA) is 32.3 Å². The summed E-state index contributed by atoms with van der Waals surface area (Å²) < 4.78 is 0.974. The Kier molecular flexibility index (Phi) is 5.03. The summed E-state index contributed by atoms with van der Waals surface area (Å²) in [5, 5.41) is 3.38. The van der Waals surface area contributed by atoms with E-state index in [1.54, 1.807) is 0 Å². The molecule has 31 heavy (non-hydrogen) atoms. The molecule has 2 amide bonds. The van der Waals surface area contributed by atoms with Crippen LogP contribution in [0.4, 0.5) is 4.79 Å². The molecule has 0 unspecified atom stereocenters. The van der Waals surface area contributed by atoms with E-state index in [2.05, 4.69) is 96.1 Å².